The maximum absolute atomic E-state index is 9.04. The predicted molar refractivity (Wildman–Crippen MR) is 44.7 cm³/mol. The molecule has 3 unspecified atom stereocenters. The Morgan fingerprint density at radius 1 is 1.91 bits per heavy atom. The average molecular weight is 152 g/mol. The topological polar surface area (TPSA) is 56.0 Å². The summed E-state index contributed by atoms with van der Waals surface area (Å²) in [4.78, 5) is 0. The Morgan fingerprint density at radius 2 is 2.55 bits per heavy atom. The van der Waals surface area contributed by atoms with Crippen LogP contribution in [0.25, 0.3) is 0 Å². The van der Waals surface area contributed by atoms with E-state index >= 15 is 0 Å². The Bertz CT molecular complexity index is 189. The summed E-state index contributed by atoms with van der Waals surface area (Å²) in [5.41, 5.74) is -0.450. The second-order valence-corrected chi connectivity index (χ2v) is 3.34. The van der Waals surface area contributed by atoms with Gasteiger partial charge in [-0.3, -0.25) is 5.32 Å². The van der Waals surface area contributed by atoms with Crippen molar-refractivity contribution in [3.63, 3.8) is 0 Å². The van der Waals surface area contributed by atoms with Crippen molar-refractivity contribution >= 4 is 7.85 Å². The molecule has 0 heterocycles. The second-order valence-electron chi connectivity index (χ2n) is 3.34. The third kappa shape index (κ3) is 1.40. The first kappa shape index (κ1) is 8.57. The van der Waals surface area contributed by atoms with Crippen LogP contribution in [0.5, 0.6) is 0 Å². The largest absolute Gasteiger partial charge is 0.379 e. The lowest BCUT2D eigenvalue weighted by Gasteiger charge is -2.44. The number of hydrogen-bond donors (Lipinski definition) is 2. The van der Waals surface area contributed by atoms with Crippen LogP contribution in [0.15, 0.2) is 0 Å². The highest BCUT2D eigenvalue weighted by Gasteiger charge is 2.44. The normalized spacial score (nSPS) is 38.8. The molecule has 1 aliphatic carbocycles. The van der Waals surface area contributed by atoms with Crippen LogP contribution in [0.2, 0.25) is 5.82 Å². The molecule has 0 aromatic carbocycles. The SMILES string of the molecule is BC1CCC1(C#N)NC(C)O. The maximum Gasteiger partial charge on any atom is 0.109 e. The lowest BCUT2D eigenvalue weighted by atomic mass is 9.57. The quantitative estimate of drug-likeness (QED) is 0.410. The summed E-state index contributed by atoms with van der Waals surface area (Å²) in [6.07, 6.45) is 1.35. The smallest absolute Gasteiger partial charge is 0.109 e. The van der Waals surface area contributed by atoms with E-state index in [1.807, 2.05) is 7.85 Å². The Hall–Kier alpha value is -0.525. The van der Waals surface area contributed by atoms with Gasteiger partial charge in [0, 0.05) is 0 Å². The van der Waals surface area contributed by atoms with Crippen LogP contribution in [0, 0.1) is 11.3 Å². The van der Waals surface area contributed by atoms with Crippen molar-refractivity contribution < 1.29 is 5.11 Å². The summed E-state index contributed by atoms with van der Waals surface area (Å²) in [5.74, 6) is 0.363. The number of nitriles is 1. The first-order valence-electron chi connectivity index (χ1n) is 3.98. The molecule has 1 saturated carbocycles. The molecule has 0 aromatic heterocycles. The third-order valence-corrected chi connectivity index (χ3v) is 2.48. The van der Waals surface area contributed by atoms with E-state index in [-0.39, 0.29) is 0 Å². The molecule has 0 radical (unpaired) electrons. The molecule has 0 saturated heterocycles. The molecule has 0 aromatic rings. The van der Waals surface area contributed by atoms with E-state index < -0.39 is 11.8 Å². The monoisotopic (exact) mass is 152 g/mol. The minimum absolute atomic E-state index is 0.363. The Balaban J connectivity index is 2.57. The first-order valence-corrected chi connectivity index (χ1v) is 3.98. The summed E-state index contributed by atoms with van der Waals surface area (Å²) in [6.45, 7) is 1.64. The van der Waals surface area contributed by atoms with Crippen LogP contribution in [0.4, 0.5) is 0 Å². The number of aliphatic hydroxyl groups excluding tert-OH is 1. The van der Waals surface area contributed by atoms with E-state index in [1.165, 1.54) is 0 Å². The van der Waals surface area contributed by atoms with Crippen LogP contribution in [-0.4, -0.2) is 24.7 Å². The van der Waals surface area contributed by atoms with Gasteiger partial charge in [-0.25, -0.2) is 0 Å². The zero-order valence-corrected chi connectivity index (χ0v) is 6.96. The molecular formula is C7H13BN2O. The Morgan fingerprint density at radius 3 is 2.64 bits per heavy atom. The summed E-state index contributed by atoms with van der Waals surface area (Å²) in [6, 6.07) is 2.22. The zero-order valence-electron chi connectivity index (χ0n) is 6.96. The molecular weight excluding hydrogens is 139 g/mol. The summed E-state index contributed by atoms with van der Waals surface area (Å²) < 4.78 is 0. The van der Waals surface area contributed by atoms with Gasteiger partial charge >= 0.3 is 0 Å². The Kier molecular flexibility index (Phi) is 2.21. The van der Waals surface area contributed by atoms with Crippen molar-refractivity contribution in [3.8, 4) is 6.07 Å². The number of rotatable bonds is 2. The van der Waals surface area contributed by atoms with E-state index in [9.17, 15) is 0 Å². The third-order valence-electron chi connectivity index (χ3n) is 2.48. The Labute approximate surface area is 67.8 Å². The molecule has 4 heteroatoms. The van der Waals surface area contributed by atoms with E-state index in [0.29, 0.717) is 5.82 Å². The van der Waals surface area contributed by atoms with Crippen LogP contribution in [0.3, 0.4) is 0 Å². The van der Waals surface area contributed by atoms with Gasteiger partial charge in [0.1, 0.15) is 19.6 Å². The number of nitrogens with one attached hydrogen (secondary N) is 1. The van der Waals surface area contributed by atoms with Crippen molar-refractivity contribution in [2.75, 3.05) is 0 Å². The molecule has 0 aliphatic heterocycles. The van der Waals surface area contributed by atoms with Crippen molar-refractivity contribution in [3.05, 3.63) is 0 Å². The molecule has 0 amide bonds. The van der Waals surface area contributed by atoms with Gasteiger partial charge in [-0.15, -0.1) is 0 Å². The van der Waals surface area contributed by atoms with Crippen molar-refractivity contribution in [1.29, 1.82) is 5.26 Å². The fourth-order valence-corrected chi connectivity index (χ4v) is 1.51. The molecule has 1 fully saturated rings. The summed E-state index contributed by atoms with van der Waals surface area (Å²) in [7, 11) is 2.03. The minimum Gasteiger partial charge on any atom is -0.379 e. The highest BCUT2D eigenvalue weighted by atomic mass is 16.3. The number of nitrogens with zero attached hydrogens (tertiary/aromatic N) is 1. The maximum atomic E-state index is 9.04. The molecule has 1 rings (SSSR count). The van der Waals surface area contributed by atoms with Gasteiger partial charge in [-0.05, 0) is 19.2 Å². The van der Waals surface area contributed by atoms with Crippen LogP contribution < -0.4 is 5.32 Å². The van der Waals surface area contributed by atoms with E-state index in [2.05, 4.69) is 11.4 Å². The zero-order chi connectivity index (χ0) is 8.48. The van der Waals surface area contributed by atoms with E-state index in [1.54, 1.807) is 6.92 Å². The molecule has 0 spiro atoms. The highest BCUT2D eigenvalue weighted by molar-refractivity contribution is 6.13. The molecule has 3 atom stereocenters. The van der Waals surface area contributed by atoms with Gasteiger partial charge in [0.15, 0.2) is 0 Å². The van der Waals surface area contributed by atoms with Gasteiger partial charge in [0.05, 0.1) is 6.07 Å². The lowest BCUT2D eigenvalue weighted by molar-refractivity contribution is 0.0943. The van der Waals surface area contributed by atoms with Crippen LogP contribution in [0.1, 0.15) is 19.8 Å². The standard InChI is InChI=1S/C7H13BN2O/c1-5(11)10-7(4-9)3-2-6(7)8/h5-6,10-11H,2-3,8H2,1H3. The number of aliphatic hydroxyl groups is 1. The molecule has 60 valence electrons. The molecule has 11 heavy (non-hydrogen) atoms. The van der Waals surface area contributed by atoms with Gasteiger partial charge in [0.2, 0.25) is 0 Å². The molecule has 2 N–H and O–H groups in total. The lowest BCUT2D eigenvalue weighted by Crippen LogP contribution is -2.57. The van der Waals surface area contributed by atoms with Crippen molar-refractivity contribution in [2.24, 2.45) is 0 Å². The molecule has 1 aliphatic rings. The predicted octanol–water partition coefficient (Wildman–Crippen LogP) is -0.608. The summed E-state index contributed by atoms with van der Waals surface area (Å²) in [5, 5.41) is 20.8. The van der Waals surface area contributed by atoms with Gasteiger partial charge in [-0.1, -0.05) is 6.42 Å². The van der Waals surface area contributed by atoms with Crippen LogP contribution >= 0.6 is 0 Å². The van der Waals surface area contributed by atoms with Crippen LogP contribution in [-0.2, 0) is 0 Å². The fraction of sp³-hybridized carbons (Fsp3) is 0.857. The number of hydrogen-bond acceptors (Lipinski definition) is 3. The highest BCUT2D eigenvalue weighted by Crippen LogP contribution is 2.40. The van der Waals surface area contributed by atoms with Gasteiger partial charge in [-0.2, -0.15) is 5.26 Å². The molecule has 3 nitrogen and oxygen atoms in total. The summed E-state index contributed by atoms with van der Waals surface area (Å²) >= 11 is 0. The fourth-order valence-electron chi connectivity index (χ4n) is 1.51. The average Bonchev–Trinajstić information content (AvgIpc) is 1.96. The van der Waals surface area contributed by atoms with Crippen molar-refractivity contribution in [2.45, 2.75) is 37.3 Å². The minimum atomic E-state index is -0.586. The first-order chi connectivity index (χ1) is 5.10. The second kappa shape index (κ2) is 2.84. The van der Waals surface area contributed by atoms with E-state index in [0.717, 1.165) is 12.8 Å². The van der Waals surface area contributed by atoms with Gasteiger partial charge in [0.25, 0.3) is 0 Å². The van der Waals surface area contributed by atoms with Crippen molar-refractivity contribution in [1.82, 2.24) is 5.32 Å². The molecule has 0 bridgehead atoms. The van der Waals surface area contributed by atoms with Gasteiger partial charge < -0.3 is 5.11 Å². The van der Waals surface area contributed by atoms with E-state index in [4.69, 9.17) is 10.4 Å².